The van der Waals surface area contributed by atoms with Gasteiger partial charge in [-0.05, 0) is 37.0 Å². The van der Waals surface area contributed by atoms with Crippen molar-refractivity contribution in [1.82, 2.24) is 4.90 Å². The molecule has 0 aliphatic carbocycles. The lowest BCUT2D eigenvalue weighted by molar-refractivity contribution is -0.130. The quantitative estimate of drug-likeness (QED) is 0.850. The second-order valence-electron chi connectivity index (χ2n) is 5.66. The summed E-state index contributed by atoms with van der Waals surface area (Å²) in [7, 11) is -3.08. The smallest absolute Gasteiger partial charge is 0.222 e. The Labute approximate surface area is 124 Å². The Bertz CT molecular complexity index is 642. The number of rotatable bonds is 4. The Kier molecular flexibility index (Phi) is 4.66. The number of aryl methyl sites for hydroxylation is 2. The first-order chi connectivity index (χ1) is 9.77. The van der Waals surface area contributed by atoms with Gasteiger partial charge in [-0.3, -0.25) is 4.79 Å². The number of benzene rings is 1. The van der Waals surface area contributed by atoms with Crippen molar-refractivity contribution >= 4 is 15.7 Å². The van der Waals surface area contributed by atoms with Crippen LogP contribution in [-0.2, 0) is 21.1 Å². The van der Waals surface area contributed by atoms with Gasteiger partial charge in [0.25, 0.3) is 0 Å². The molecular formula is C15H20FNO3S. The van der Waals surface area contributed by atoms with Crippen LogP contribution in [0.1, 0.15) is 24.0 Å². The van der Waals surface area contributed by atoms with Gasteiger partial charge in [0.1, 0.15) is 5.82 Å². The third-order valence-corrected chi connectivity index (χ3v) is 5.55. The average molecular weight is 313 g/mol. The molecule has 1 fully saturated rings. The molecule has 1 aliphatic heterocycles. The third-order valence-electron chi connectivity index (χ3n) is 3.95. The molecule has 1 heterocycles. The van der Waals surface area contributed by atoms with Crippen LogP contribution in [0, 0.1) is 12.7 Å². The van der Waals surface area contributed by atoms with Gasteiger partial charge in [0.05, 0.1) is 5.25 Å². The summed E-state index contributed by atoms with van der Waals surface area (Å²) in [5.74, 6) is -0.288. The van der Waals surface area contributed by atoms with Crippen molar-refractivity contribution in [3.05, 3.63) is 35.1 Å². The Morgan fingerprint density at radius 1 is 1.43 bits per heavy atom. The van der Waals surface area contributed by atoms with Gasteiger partial charge in [-0.1, -0.05) is 12.1 Å². The Balaban J connectivity index is 1.89. The molecule has 2 rings (SSSR count). The molecule has 1 aliphatic rings. The van der Waals surface area contributed by atoms with Crippen LogP contribution in [0.2, 0.25) is 0 Å². The maximum absolute atomic E-state index is 13.2. The van der Waals surface area contributed by atoms with Gasteiger partial charge in [0.15, 0.2) is 9.84 Å². The highest BCUT2D eigenvalue weighted by molar-refractivity contribution is 7.91. The van der Waals surface area contributed by atoms with E-state index in [4.69, 9.17) is 0 Å². The Morgan fingerprint density at radius 3 is 2.71 bits per heavy atom. The van der Waals surface area contributed by atoms with Crippen LogP contribution in [-0.4, -0.2) is 43.8 Å². The zero-order valence-electron chi connectivity index (χ0n) is 12.3. The fourth-order valence-electron chi connectivity index (χ4n) is 2.58. The minimum absolute atomic E-state index is 0.0388. The summed E-state index contributed by atoms with van der Waals surface area (Å²) in [6.07, 6.45) is 2.59. The van der Waals surface area contributed by atoms with Crippen LogP contribution in [0.5, 0.6) is 0 Å². The molecule has 0 spiro atoms. The standard InChI is InChI=1S/C15H20FNO3S/c1-11-9-12(3-5-14(11)16)4-6-15(18)17-8-7-13(10-17)21(2,19)20/h3,5,9,13H,4,6-8,10H2,1-2H3. The van der Waals surface area contributed by atoms with Gasteiger partial charge >= 0.3 is 0 Å². The number of carbonyl (C=O) groups is 1. The fourth-order valence-corrected chi connectivity index (χ4v) is 3.56. The highest BCUT2D eigenvalue weighted by atomic mass is 32.2. The lowest BCUT2D eigenvalue weighted by Gasteiger charge is -2.16. The number of sulfone groups is 1. The number of hydrogen-bond donors (Lipinski definition) is 0. The van der Waals surface area contributed by atoms with Crippen molar-refractivity contribution in [2.75, 3.05) is 19.3 Å². The third kappa shape index (κ3) is 4.03. The molecule has 21 heavy (non-hydrogen) atoms. The van der Waals surface area contributed by atoms with Crippen molar-refractivity contribution in [2.24, 2.45) is 0 Å². The lowest BCUT2D eigenvalue weighted by atomic mass is 10.1. The van der Waals surface area contributed by atoms with E-state index in [1.165, 1.54) is 12.3 Å². The molecule has 116 valence electrons. The van der Waals surface area contributed by atoms with E-state index in [1.54, 1.807) is 24.0 Å². The molecule has 6 heteroatoms. The zero-order valence-corrected chi connectivity index (χ0v) is 13.1. The van der Waals surface area contributed by atoms with Crippen molar-refractivity contribution in [3.8, 4) is 0 Å². The monoisotopic (exact) mass is 313 g/mol. The molecule has 0 aromatic heterocycles. The van der Waals surface area contributed by atoms with Crippen LogP contribution in [0.4, 0.5) is 4.39 Å². The number of amides is 1. The first-order valence-corrected chi connectivity index (χ1v) is 8.94. The Morgan fingerprint density at radius 2 is 2.14 bits per heavy atom. The second-order valence-corrected chi connectivity index (χ2v) is 7.99. The summed E-state index contributed by atoms with van der Waals surface area (Å²) >= 11 is 0. The van der Waals surface area contributed by atoms with Crippen LogP contribution in [0.25, 0.3) is 0 Å². The predicted octanol–water partition coefficient (Wildman–Crippen LogP) is 1.71. The minimum atomic E-state index is -3.08. The second kappa shape index (κ2) is 6.13. The highest BCUT2D eigenvalue weighted by Gasteiger charge is 2.32. The predicted molar refractivity (Wildman–Crippen MR) is 79.3 cm³/mol. The van der Waals surface area contributed by atoms with E-state index in [0.29, 0.717) is 37.9 Å². The molecule has 0 N–H and O–H groups in total. The molecule has 1 unspecified atom stereocenters. The number of nitrogens with zero attached hydrogens (tertiary/aromatic N) is 1. The molecule has 0 saturated carbocycles. The lowest BCUT2D eigenvalue weighted by Crippen LogP contribution is -2.31. The van der Waals surface area contributed by atoms with Crippen molar-refractivity contribution < 1.29 is 17.6 Å². The van der Waals surface area contributed by atoms with E-state index in [2.05, 4.69) is 0 Å². The van der Waals surface area contributed by atoms with Crippen LogP contribution in [0.15, 0.2) is 18.2 Å². The molecule has 1 aromatic carbocycles. The fraction of sp³-hybridized carbons (Fsp3) is 0.533. The number of halogens is 1. The van der Waals surface area contributed by atoms with E-state index in [1.807, 2.05) is 0 Å². The van der Waals surface area contributed by atoms with Gasteiger partial charge in [0.2, 0.25) is 5.91 Å². The SMILES string of the molecule is Cc1cc(CCC(=O)N2CCC(S(C)(=O)=O)C2)ccc1F. The minimum Gasteiger partial charge on any atom is -0.341 e. The summed E-state index contributed by atoms with van der Waals surface area (Å²) in [4.78, 5) is 13.7. The zero-order chi connectivity index (χ0) is 15.6. The maximum atomic E-state index is 13.2. The number of carbonyl (C=O) groups excluding carboxylic acids is 1. The number of hydrogen-bond acceptors (Lipinski definition) is 3. The molecule has 1 amide bonds. The van der Waals surface area contributed by atoms with Crippen molar-refractivity contribution in [3.63, 3.8) is 0 Å². The summed E-state index contributed by atoms with van der Waals surface area (Å²) in [5.41, 5.74) is 1.49. The van der Waals surface area contributed by atoms with E-state index in [0.717, 1.165) is 5.56 Å². The average Bonchev–Trinajstić information content (AvgIpc) is 2.89. The summed E-state index contributed by atoms with van der Waals surface area (Å²) in [5, 5.41) is -0.436. The van der Waals surface area contributed by atoms with E-state index >= 15 is 0 Å². The molecular weight excluding hydrogens is 293 g/mol. The van der Waals surface area contributed by atoms with Crippen molar-refractivity contribution in [1.29, 1.82) is 0 Å². The molecule has 0 radical (unpaired) electrons. The molecule has 4 nitrogen and oxygen atoms in total. The van der Waals surface area contributed by atoms with E-state index in [9.17, 15) is 17.6 Å². The Hall–Kier alpha value is -1.43. The topological polar surface area (TPSA) is 54.5 Å². The van der Waals surface area contributed by atoms with Crippen molar-refractivity contribution in [2.45, 2.75) is 31.4 Å². The van der Waals surface area contributed by atoms with Gasteiger partial charge in [-0.15, -0.1) is 0 Å². The summed E-state index contributed by atoms with van der Waals surface area (Å²) < 4.78 is 36.1. The van der Waals surface area contributed by atoms with E-state index in [-0.39, 0.29) is 11.7 Å². The molecule has 1 atom stereocenters. The summed E-state index contributed by atoms with van der Waals surface area (Å²) in [6.45, 7) is 2.48. The van der Waals surface area contributed by atoms with Gasteiger partial charge in [-0.25, -0.2) is 12.8 Å². The van der Waals surface area contributed by atoms with Crippen LogP contribution in [0.3, 0.4) is 0 Å². The van der Waals surface area contributed by atoms with Gasteiger partial charge in [0, 0.05) is 25.8 Å². The maximum Gasteiger partial charge on any atom is 0.222 e. The summed E-state index contributed by atoms with van der Waals surface area (Å²) in [6, 6.07) is 4.83. The molecule has 1 saturated heterocycles. The largest absolute Gasteiger partial charge is 0.341 e. The van der Waals surface area contributed by atoms with E-state index < -0.39 is 15.1 Å². The first kappa shape index (κ1) is 15.9. The van der Waals surface area contributed by atoms with Crippen LogP contribution >= 0.6 is 0 Å². The number of likely N-dealkylation sites (tertiary alicyclic amines) is 1. The van der Waals surface area contributed by atoms with Gasteiger partial charge < -0.3 is 4.90 Å². The molecule has 1 aromatic rings. The van der Waals surface area contributed by atoms with Gasteiger partial charge in [-0.2, -0.15) is 0 Å². The normalized spacial score (nSPS) is 19.0. The molecule has 0 bridgehead atoms. The highest BCUT2D eigenvalue weighted by Crippen LogP contribution is 2.18. The van der Waals surface area contributed by atoms with Crippen LogP contribution < -0.4 is 0 Å². The first-order valence-electron chi connectivity index (χ1n) is 6.99.